The standard InChI is InChI=1S/C40H44N4O13S2/c1-25-23-44(38(46)41-37(25)45)36-22-32(57-40(48)54-19-21-59(51,52)35-17-9-11-27-29(35)13-7-15-31(27)43(4)5)33(56-36)24-55-39(47)53-18-20-58(49,50)34-16-8-10-26-28(34)12-6-14-30(26)42(2)3/h6-17,23,32-33,36H,18-22,24H2,1-5H3,(H,41,45,46)/t32-,33+,36+/m0/s1. The summed E-state index contributed by atoms with van der Waals surface area (Å²) >= 11 is 0. The monoisotopic (exact) mass is 852 g/mol. The first-order valence-corrected chi connectivity index (χ1v) is 21.7. The fraction of sp³-hybridized carbons (Fsp3) is 0.350. The van der Waals surface area contributed by atoms with E-state index in [0.29, 0.717) is 10.8 Å². The second-order valence-electron chi connectivity index (χ2n) is 14.2. The first kappa shape index (κ1) is 42.7. The van der Waals surface area contributed by atoms with Crippen molar-refractivity contribution >= 4 is 64.9 Å². The number of aryl methyl sites for hydroxylation is 1. The lowest BCUT2D eigenvalue weighted by Crippen LogP contribution is -2.34. The molecule has 1 fully saturated rings. The second-order valence-corrected chi connectivity index (χ2v) is 18.3. The number of fused-ring (bicyclic) bond motifs is 2. The van der Waals surface area contributed by atoms with Gasteiger partial charge in [-0.15, -0.1) is 0 Å². The molecule has 1 aliphatic rings. The zero-order chi connectivity index (χ0) is 42.6. The lowest BCUT2D eigenvalue weighted by atomic mass is 10.1. The Labute approximate surface area is 339 Å². The van der Waals surface area contributed by atoms with Crippen molar-refractivity contribution in [2.45, 2.75) is 41.6 Å². The number of aromatic nitrogens is 2. The number of hydrogen-bond acceptors (Lipinski definition) is 15. The molecule has 0 saturated carbocycles. The number of carbonyl (C=O) groups excluding carboxylic acids is 2. The van der Waals surface area contributed by atoms with Gasteiger partial charge in [0, 0.05) is 79.3 Å². The minimum absolute atomic E-state index is 0.0678. The summed E-state index contributed by atoms with van der Waals surface area (Å²) in [6, 6.07) is 20.5. The summed E-state index contributed by atoms with van der Waals surface area (Å²) in [6.07, 6.45) is -4.89. The molecule has 59 heavy (non-hydrogen) atoms. The van der Waals surface area contributed by atoms with E-state index in [9.17, 15) is 36.0 Å². The van der Waals surface area contributed by atoms with Gasteiger partial charge in [0.1, 0.15) is 38.3 Å². The molecule has 0 amide bonds. The molecule has 0 aliphatic carbocycles. The molecule has 2 heterocycles. The highest BCUT2D eigenvalue weighted by molar-refractivity contribution is 7.92. The summed E-state index contributed by atoms with van der Waals surface area (Å²) in [7, 11) is -0.468. The topological polar surface area (TPSA) is 210 Å². The Morgan fingerprint density at radius 3 is 1.75 bits per heavy atom. The van der Waals surface area contributed by atoms with Gasteiger partial charge in [-0.25, -0.2) is 31.2 Å². The number of ether oxygens (including phenoxy) is 5. The number of sulfone groups is 2. The lowest BCUT2D eigenvalue weighted by molar-refractivity contribution is -0.0668. The van der Waals surface area contributed by atoms with E-state index in [2.05, 4.69) is 4.98 Å². The van der Waals surface area contributed by atoms with Gasteiger partial charge in [-0.2, -0.15) is 0 Å². The molecule has 5 aromatic rings. The van der Waals surface area contributed by atoms with Gasteiger partial charge in [0.25, 0.3) is 5.56 Å². The molecular formula is C40H44N4O13S2. The van der Waals surface area contributed by atoms with E-state index in [4.69, 9.17) is 23.7 Å². The fourth-order valence-corrected chi connectivity index (χ4v) is 9.48. The maximum absolute atomic E-state index is 13.4. The van der Waals surface area contributed by atoms with Gasteiger partial charge in [0.05, 0.1) is 21.3 Å². The highest BCUT2D eigenvalue weighted by atomic mass is 32.2. The Bertz CT molecular complexity index is 2730. The van der Waals surface area contributed by atoms with Crippen LogP contribution in [0, 0.1) is 6.92 Å². The highest BCUT2D eigenvalue weighted by Crippen LogP contribution is 2.33. The summed E-state index contributed by atoms with van der Waals surface area (Å²) in [5.74, 6) is -1.11. The predicted octanol–water partition coefficient (Wildman–Crippen LogP) is 4.19. The number of nitrogens with zero attached hydrogens (tertiary/aromatic N) is 3. The van der Waals surface area contributed by atoms with Crippen molar-refractivity contribution < 1.29 is 50.1 Å². The molecule has 1 aliphatic heterocycles. The molecule has 17 nitrogen and oxygen atoms in total. The minimum atomic E-state index is -3.94. The van der Waals surface area contributed by atoms with Crippen LogP contribution in [-0.2, 0) is 43.4 Å². The SMILES string of the molecule is Cc1cn([C@H]2C[C@H](OC(=O)OCCS(=O)(=O)c3cccc4c(N(C)C)cccc34)[C@@H](COC(=O)OCCS(=O)(=O)c3cccc4c(N(C)C)cccc34)O2)c(=O)[nH]c1=O. The molecule has 6 rings (SSSR count). The Morgan fingerprint density at radius 1 is 0.729 bits per heavy atom. The largest absolute Gasteiger partial charge is 0.508 e. The number of anilines is 2. The number of H-pyrrole nitrogens is 1. The smallest absolute Gasteiger partial charge is 0.433 e. The van der Waals surface area contributed by atoms with Gasteiger partial charge in [0.15, 0.2) is 19.7 Å². The van der Waals surface area contributed by atoms with Crippen LogP contribution in [0.1, 0.15) is 18.2 Å². The van der Waals surface area contributed by atoms with Crippen molar-refractivity contribution in [2.24, 2.45) is 0 Å². The molecule has 1 aromatic heterocycles. The summed E-state index contributed by atoms with van der Waals surface area (Å²) in [5, 5.41) is 2.49. The summed E-state index contributed by atoms with van der Waals surface area (Å²) < 4.78 is 81.5. The number of aromatic amines is 1. The second kappa shape index (κ2) is 17.5. The molecule has 0 spiro atoms. The Hall–Kier alpha value is -5.92. The van der Waals surface area contributed by atoms with Crippen LogP contribution in [0.3, 0.4) is 0 Å². The molecular weight excluding hydrogens is 809 g/mol. The van der Waals surface area contributed by atoms with Crippen LogP contribution in [0.2, 0.25) is 0 Å². The van der Waals surface area contributed by atoms with Crippen LogP contribution in [0.25, 0.3) is 21.5 Å². The molecule has 1 saturated heterocycles. The average molecular weight is 853 g/mol. The first-order chi connectivity index (χ1) is 28.0. The van der Waals surface area contributed by atoms with Gasteiger partial charge >= 0.3 is 18.0 Å². The van der Waals surface area contributed by atoms with Crippen molar-refractivity contribution in [1.29, 1.82) is 0 Å². The lowest BCUT2D eigenvalue weighted by Gasteiger charge is -2.19. The van der Waals surface area contributed by atoms with Crippen LogP contribution >= 0.6 is 0 Å². The molecule has 0 unspecified atom stereocenters. The molecule has 1 N–H and O–H groups in total. The predicted molar refractivity (Wildman–Crippen MR) is 219 cm³/mol. The summed E-state index contributed by atoms with van der Waals surface area (Å²) in [4.78, 5) is 56.3. The Morgan fingerprint density at radius 2 is 1.22 bits per heavy atom. The van der Waals surface area contributed by atoms with E-state index in [-0.39, 0.29) is 21.8 Å². The van der Waals surface area contributed by atoms with Gasteiger partial charge < -0.3 is 33.5 Å². The molecule has 19 heteroatoms. The van der Waals surface area contributed by atoms with Crippen LogP contribution < -0.4 is 21.0 Å². The van der Waals surface area contributed by atoms with Crippen LogP contribution in [0.4, 0.5) is 21.0 Å². The van der Waals surface area contributed by atoms with Crippen molar-refractivity contribution in [3.63, 3.8) is 0 Å². The van der Waals surface area contributed by atoms with E-state index in [1.807, 2.05) is 62.3 Å². The first-order valence-electron chi connectivity index (χ1n) is 18.4. The van der Waals surface area contributed by atoms with Crippen molar-refractivity contribution in [1.82, 2.24) is 9.55 Å². The number of carbonyl (C=O) groups is 2. The minimum Gasteiger partial charge on any atom is -0.433 e. The normalized spacial score (nSPS) is 16.8. The van der Waals surface area contributed by atoms with E-state index >= 15 is 0 Å². The number of benzene rings is 4. The Kier molecular flexibility index (Phi) is 12.7. The third-order valence-electron chi connectivity index (χ3n) is 9.75. The molecule has 0 radical (unpaired) electrons. The maximum Gasteiger partial charge on any atom is 0.508 e. The van der Waals surface area contributed by atoms with Crippen LogP contribution in [-0.4, -0.2) is 110 Å². The zero-order valence-corrected chi connectivity index (χ0v) is 34.6. The van der Waals surface area contributed by atoms with Crippen LogP contribution in [0.15, 0.2) is 98.4 Å². The van der Waals surface area contributed by atoms with Crippen molar-refractivity contribution in [3.05, 3.63) is 105 Å². The van der Waals surface area contributed by atoms with Gasteiger partial charge in [-0.05, 0) is 31.2 Å². The van der Waals surface area contributed by atoms with E-state index < -0.39 is 93.0 Å². The van der Waals surface area contributed by atoms with Gasteiger partial charge in [0.2, 0.25) is 0 Å². The average Bonchev–Trinajstić information content (AvgIpc) is 3.58. The quantitative estimate of drug-likeness (QED) is 0.155. The number of rotatable bonds is 14. The summed E-state index contributed by atoms with van der Waals surface area (Å²) in [5.41, 5.74) is 0.424. The third kappa shape index (κ3) is 9.53. The van der Waals surface area contributed by atoms with E-state index in [1.54, 1.807) is 36.4 Å². The van der Waals surface area contributed by atoms with Gasteiger partial charge in [-0.3, -0.25) is 14.3 Å². The molecule has 0 bridgehead atoms. The molecule has 3 atom stereocenters. The van der Waals surface area contributed by atoms with E-state index in [0.717, 1.165) is 26.7 Å². The third-order valence-corrected chi connectivity index (χ3v) is 13.2. The zero-order valence-electron chi connectivity index (χ0n) is 32.9. The Balaban J connectivity index is 1.09. The van der Waals surface area contributed by atoms with Crippen molar-refractivity contribution in [3.8, 4) is 0 Å². The fourth-order valence-electron chi connectivity index (χ4n) is 6.84. The van der Waals surface area contributed by atoms with Gasteiger partial charge in [-0.1, -0.05) is 48.5 Å². The summed E-state index contributed by atoms with van der Waals surface area (Å²) in [6.45, 7) is -0.207. The van der Waals surface area contributed by atoms with E-state index in [1.165, 1.54) is 25.3 Å². The maximum atomic E-state index is 13.4. The molecule has 314 valence electrons. The number of hydrogen-bond donors (Lipinski definition) is 1. The number of nitrogens with one attached hydrogen (secondary N) is 1. The highest BCUT2D eigenvalue weighted by Gasteiger charge is 2.41. The van der Waals surface area contributed by atoms with Crippen molar-refractivity contribution in [2.75, 3.05) is 69.3 Å². The molecule has 4 aromatic carbocycles. The van der Waals surface area contributed by atoms with Crippen LogP contribution in [0.5, 0.6) is 0 Å².